The van der Waals surface area contributed by atoms with Crippen LogP contribution in [0.25, 0.3) is 0 Å². The van der Waals surface area contributed by atoms with Crippen LogP contribution < -0.4 is 10.6 Å². The molecule has 138 valence electrons. The molecule has 0 aromatic heterocycles. The molecule has 2 N–H and O–H groups in total. The molecule has 2 aliphatic heterocycles. The summed E-state index contributed by atoms with van der Waals surface area (Å²) in [6.07, 6.45) is 4.84. The molecule has 2 aromatic carbocycles. The summed E-state index contributed by atoms with van der Waals surface area (Å²) in [5.41, 5.74) is 2.67. The SMILES string of the molecule is CN1C(=O)c2cc(Cl)ccc2NC12C(=O)Nc1ccc(C3CCCC3)cc12. The maximum absolute atomic E-state index is 13.1. The number of carbonyl (C=O) groups is 2. The molecule has 0 bridgehead atoms. The lowest BCUT2D eigenvalue weighted by Crippen LogP contribution is -2.59. The van der Waals surface area contributed by atoms with Crippen molar-refractivity contribution in [2.45, 2.75) is 37.3 Å². The van der Waals surface area contributed by atoms with Crippen molar-refractivity contribution in [2.24, 2.45) is 0 Å². The van der Waals surface area contributed by atoms with Gasteiger partial charge in [0.1, 0.15) is 0 Å². The molecule has 1 saturated carbocycles. The molecule has 2 amide bonds. The average Bonchev–Trinajstić information content (AvgIpc) is 3.28. The van der Waals surface area contributed by atoms with E-state index in [1.807, 2.05) is 6.07 Å². The Morgan fingerprint density at radius 1 is 1.07 bits per heavy atom. The van der Waals surface area contributed by atoms with Crippen LogP contribution in [-0.2, 0) is 10.5 Å². The Labute approximate surface area is 162 Å². The molecule has 3 aliphatic rings. The maximum atomic E-state index is 13.1. The van der Waals surface area contributed by atoms with E-state index in [-0.39, 0.29) is 11.8 Å². The Hall–Kier alpha value is -2.53. The molecule has 0 radical (unpaired) electrons. The number of hydrogen-bond acceptors (Lipinski definition) is 3. The minimum Gasteiger partial charge on any atom is -0.350 e. The largest absolute Gasteiger partial charge is 0.350 e. The van der Waals surface area contributed by atoms with Crippen LogP contribution in [0.1, 0.15) is 53.1 Å². The second kappa shape index (κ2) is 5.73. The summed E-state index contributed by atoms with van der Waals surface area (Å²) in [5, 5.41) is 6.78. The van der Waals surface area contributed by atoms with Crippen molar-refractivity contribution < 1.29 is 9.59 Å². The van der Waals surface area contributed by atoms with Crippen LogP contribution in [0.3, 0.4) is 0 Å². The van der Waals surface area contributed by atoms with Crippen molar-refractivity contribution in [3.8, 4) is 0 Å². The van der Waals surface area contributed by atoms with E-state index in [1.165, 1.54) is 36.1 Å². The van der Waals surface area contributed by atoms with Gasteiger partial charge in [-0.3, -0.25) is 9.59 Å². The van der Waals surface area contributed by atoms with Crippen molar-refractivity contribution in [3.63, 3.8) is 0 Å². The number of likely N-dealkylation sites (N-methyl/N-ethyl adjacent to an activating group) is 1. The summed E-state index contributed by atoms with van der Waals surface area (Å²) in [6.45, 7) is 0. The van der Waals surface area contributed by atoms with E-state index in [0.717, 1.165) is 11.3 Å². The summed E-state index contributed by atoms with van der Waals surface area (Å²) < 4.78 is 0. The highest BCUT2D eigenvalue weighted by atomic mass is 35.5. The average molecular weight is 382 g/mol. The van der Waals surface area contributed by atoms with Crippen LogP contribution >= 0.6 is 11.6 Å². The molecule has 2 aromatic rings. The van der Waals surface area contributed by atoms with Crippen molar-refractivity contribution in [1.29, 1.82) is 0 Å². The van der Waals surface area contributed by atoms with Crippen LogP contribution in [0.4, 0.5) is 11.4 Å². The van der Waals surface area contributed by atoms with Crippen molar-refractivity contribution in [1.82, 2.24) is 4.90 Å². The normalized spacial score (nSPS) is 24.0. The zero-order valence-corrected chi connectivity index (χ0v) is 15.8. The Kier molecular flexibility index (Phi) is 3.53. The van der Waals surface area contributed by atoms with Crippen molar-refractivity contribution >= 4 is 34.8 Å². The summed E-state index contributed by atoms with van der Waals surface area (Å²) in [7, 11) is 1.66. The van der Waals surface area contributed by atoms with Crippen LogP contribution in [0.2, 0.25) is 5.02 Å². The lowest BCUT2D eigenvalue weighted by atomic mass is 9.89. The van der Waals surface area contributed by atoms with Gasteiger partial charge >= 0.3 is 0 Å². The first-order valence-corrected chi connectivity index (χ1v) is 9.70. The molecular weight excluding hydrogens is 362 g/mol. The highest BCUT2D eigenvalue weighted by Crippen LogP contribution is 2.46. The van der Waals surface area contributed by atoms with Crippen LogP contribution in [0.15, 0.2) is 36.4 Å². The van der Waals surface area contributed by atoms with Gasteiger partial charge in [-0.05, 0) is 54.7 Å². The Morgan fingerprint density at radius 3 is 2.59 bits per heavy atom. The highest BCUT2D eigenvalue weighted by molar-refractivity contribution is 6.31. The number of fused-ring (bicyclic) bond motifs is 3. The highest BCUT2D eigenvalue weighted by Gasteiger charge is 2.55. The molecule has 5 rings (SSSR count). The lowest BCUT2D eigenvalue weighted by molar-refractivity contribution is -0.124. The predicted octanol–water partition coefficient (Wildman–Crippen LogP) is 4.30. The summed E-state index contributed by atoms with van der Waals surface area (Å²) >= 11 is 6.07. The number of halogens is 1. The molecule has 2 heterocycles. The molecule has 6 heteroatoms. The number of amides is 2. The van der Waals surface area contributed by atoms with E-state index in [2.05, 4.69) is 22.8 Å². The molecule has 27 heavy (non-hydrogen) atoms. The van der Waals surface area contributed by atoms with Crippen LogP contribution in [-0.4, -0.2) is 23.8 Å². The van der Waals surface area contributed by atoms with Gasteiger partial charge in [-0.2, -0.15) is 0 Å². The number of nitrogens with zero attached hydrogens (tertiary/aromatic N) is 1. The van der Waals surface area contributed by atoms with Gasteiger partial charge in [-0.1, -0.05) is 30.5 Å². The van der Waals surface area contributed by atoms with Gasteiger partial charge < -0.3 is 15.5 Å². The fourth-order valence-corrected chi connectivity index (χ4v) is 4.86. The zero-order valence-electron chi connectivity index (χ0n) is 15.0. The first-order chi connectivity index (χ1) is 13.0. The van der Waals surface area contributed by atoms with Gasteiger partial charge in [-0.25, -0.2) is 0 Å². The molecular formula is C21H20ClN3O2. The summed E-state index contributed by atoms with van der Waals surface area (Å²) in [4.78, 5) is 27.6. The number of hydrogen-bond donors (Lipinski definition) is 2. The van der Waals surface area contributed by atoms with Gasteiger partial charge in [0, 0.05) is 29.0 Å². The molecule has 5 nitrogen and oxygen atoms in total. The van der Waals surface area contributed by atoms with E-state index >= 15 is 0 Å². The fraction of sp³-hybridized carbons (Fsp3) is 0.333. The van der Waals surface area contributed by atoms with E-state index in [4.69, 9.17) is 11.6 Å². The number of rotatable bonds is 1. The van der Waals surface area contributed by atoms with E-state index < -0.39 is 5.66 Å². The predicted molar refractivity (Wildman–Crippen MR) is 105 cm³/mol. The standard InChI is InChI=1S/C21H20ClN3O2/c1-25-19(26)15-11-14(22)7-9-17(15)24-21(25)16-10-13(12-4-2-3-5-12)6-8-18(16)23-20(21)27/h6-12,24H,2-5H2,1H3,(H,23,27). The fourth-order valence-electron chi connectivity index (χ4n) is 4.69. The van der Waals surface area contributed by atoms with Crippen molar-refractivity contribution in [3.05, 3.63) is 58.1 Å². The molecule has 1 fully saturated rings. The number of nitrogens with one attached hydrogen (secondary N) is 2. The van der Waals surface area contributed by atoms with Crippen molar-refractivity contribution in [2.75, 3.05) is 17.7 Å². The van der Waals surface area contributed by atoms with Crippen LogP contribution in [0.5, 0.6) is 0 Å². The minimum atomic E-state index is -1.23. The third-order valence-electron chi connectivity index (χ3n) is 6.17. The molecule has 1 aliphatic carbocycles. The van der Waals surface area contributed by atoms with Crippen LogP contribution in [0, 0.1) is 0 Å². The maximum Gasteiger partial charge on any atom is 0.276 e. The molecule has 1 atom stereocenters. The quantitative estimate of drug-likeness (QED) is 0.774. The Bertz CT molecular complexity index is 983. The van der Waals surface area contributed by atoms with E-state index in [0.29, 0.717) is 22.2 Å². The molecule has 1 spiro atoms. The third kappa shape index (κ3) is 2.24. The minimum absolute atomic E-state index is 0.222. The number of carbonyl (C=O) groups excluding carboxylic acids is 2. The molecule has 0 saturated heterocycles. The number of benzene rings is 2. The van der Waals surface area contributed by atoms with E-state index in [1.54, 1.807) is 25.2 Å². The monoisotopic (exact) mass is 381 g/mol. The van der Waals surface area contributed by atoms with Gasteiger partial charge in [0.05, 0.1) is 5.56 Å². The van der Waals surface area contributed by atoms with Gasteiger partial charge in [0.15, 0.2) is 0 Å². The van der Waals surface area contributed by atoms with Gasteiger partial charge in [0.2, 0.25) is 5.66 Å². The summed E-state index contributed by atoms with van der Waals surface area (Å²) in [6, 6.07) is 11.3. The Balaban J connectivity index is 1.67. The molecule has 1 unspecified atom stereocenters. The number of anilines is 2. The first-order valence-electron chi connectivity index (χ1n) is 9.32. The van der Waals surface area contributed by atoms with Gasteiger partial charge in [-0.15, -0.1) is 0 Å². The zero-order chi connectivity index (χ0) is 18.8. The summed E-state index contributed by atoms with van der Waals surface area (Å²) in [5.74, 6) is 0.0665. The Morgan fingerprint density at radius 2 is 1.81 bits per heavy atom. The smallest absolute Gasteiger partial charge is 0.276 e. The van der Waals surface area contributed by atoms with Gasteiger partial charge in [0.25, 0.3) is 11.8 Å². The second-order valence-corrected chi connectivity index (χ2v) is 8.07. The second-order valence-electron chi connectivity index (χ2n) is 7.63. The van der Waals surface area contributed by atoms with E-state index in [9.17, 15) is 9.59 Å². The topological polar surface area (TPSA) is 61.4 Å². The third-order valence-corrected chi connectivity index (χ3v) is 6.41. The first kappa shape index (κ1) is 16.6. The lowest BCUT2D eigenvalue weighted by Gasteiger charge is -2.42.